The molecule has 0 spiro atoms. The molecule has 1 aliphatic rings. The smallest absolute Gasteiger partial charge is 0.271 e. The van der Waals surface area contributed by atoms with Crippen LogP contribution in [0.15, 0.2) is 30.3 Å². The number of aromatic amines is 1. The third kappa shape index (κ3) is 3.13. The van der Waals surface area contributed by atoms with Crippen LogP contribution in [0, 0.1) is 11.8 Å². The van der Waals surface area contributed by atoms with E-state index in [1.54, 1.807) is 18.1 Å². The number of likely N-dealkylation sites (tertiary alicyclic amines) is 1. The van der Waals surface area contributed by atoms with Crippen molar-refractivity contribution in [3.05, 3.63) is 36.0 Å². The number of carbonyl (C=O) groups excluding carboxylic acids is 1. The van der Waals surface area contributed by atoms with E-state index in [-0.39, 0.29) is 31.0 Å². The van der Waals surface area contributed by atoms with Crippen molar-refractivity contribution in [1.29, 1.82) is 0 Å². The van der Waals surface area contributed by atoms with E-state index in [2.05, 4.69) is 10.2 Å². The minimum atomic E-state index is -0.175. The Morgan fingerprint density at radius 3 is 2.62 bits per heavy atom. The molecule has 1 aromatic heterocycles. The second kappa shape index (κ2) is 7.02. The number of methoxy groups -OCH3 is 1. The first-order valence-corrected chi connectivity index (χ1v) is 7.87. The highest BCUT2D eigenvalue weighted by Crippen LogP contribution is 2.26. The molecule has 0 bridgehead atoms. The van der Waals surface area contributed by atoms with Crippen LogP contribution in [0.5, 0.6) is 5.75 Å². The van der Waals surface area contributed by atoms with Crippen molar-refractivity contribution in [2.24, 2.45) is 11.8 Å². The molecule has 2 heterocycles. The summed E-state index contributed by atoms with van der Waals surface area (Å²) in [6.07, 6.45) is 0. The van der Waals surface area contributed by atoms with E-state index in [0.29, 0.717) is 24.5 Å². The molecule has 7 nitrogen and oxygen atoms in total. The van der Waals surface area contributed by atoms with Crippen LogP contribution in [0.3, 0.4) is 0 Å². The van der Waals surface area contributed by atoms with Gasteiger partial charge in [0.1, 0.15) is 11.4 Å². The summed E-state index contributed by atoms with van der Waals surface area (Å²) >= 11 is 0. The number of hydrogen-bond acceptors (Lipinski definition) is 5. The largest absolute Gasteiger partial charge is 0.497 e. The highest BCUT2D eigenvalue weighted by Gasteiger charge is 2.35. The van der Waals surface area contributed by atoms with Crippen molar-refractivity contribution < 1.29 is 19.7 Å². The maximum absolute atomic E-state index is 12.6. The first-order chi connectivity index (χ1) is 11.7. The third-order valence-corrected chi connectivity index (χ3v) is 4.51. The summed E-state index contributed by atoms with van der Waals surface area (Å²) in [4.78, 5) is 14.2. The summed E-state index contributed by atoms with van der Waals surface area (Å²) in [5.41, 5.74) is 1.91. The fraction of sp³-hybridized carbons (Fsp3) is 0.412. The lowest BCUT2D eigenvalue weighted by Crippen LogP contribution is -2.29. The molecule has 3 N–H and O–H groups in total. The van der Waals surface area contributed by atoms with E-state index in [9.17, 15) is 15.0 Å². The Labute approximate surface area is 139 Å². The summed E-state index contributed by atoms with van der Waals surface area (Å²) in [6, 6.07) is 9.16. The monoisotopic (exact) mass is 331 g/mol. The normalized spacial score (nSPS) is 20.4. The van der Waals surface area contributed by atoms with Crippen molar-refractivity contribution >= 4 is 5.91 Å². The van der Waals surface area contributed by atoms with Crippen molar-refractivity contribution in [3.63, 3.8) is 0 Å². The van der Waals surface area contributed by atoms with Crippen molar-refractivity contribution in [2.75, 3.05) is 33.4 Å². The zero-order valence-corrected chi connectivity index (χ0v) is 13.5. The molecule has 2 aromatic rings. The Kier molecular flexibility index (Phi) is 4.82. The Morgan fingerprint density at radius 2 is 2.00 bits per heavy atom. The predicted molar refractivity (Wildman–Crippen MR) is 87.6 cm³/mol. The zero-order chi connectivity index (χ0) is 17.1. The summed E-state index contributed by atoms with van der Waals surface area (Å²) in [6.45, 7) is 0.808. The number of benzene rings is 1. The van der Waals surface area contributed by atoms with Gasteiger partial charge in [0.15, 0.2) is 0 Å². The van der Waals surface area contributed by atoms with Gasteiger partial charge in [-0.3, -0.25) is 9.89 Å². The van der Waals surface area contributed by atoms with Gasteiger partial charge in [-0.05, 0) is 18.2 Å². The molecular weight excluding hydrogens is 310 g/mol. The number of nitrogens with zero attached hydrogens (tertiary/aromatic N) is 2. The van der Waals surface area contributed by atoms with Crippen LogP contribution in [-0.4, -0.2) is 64.6 Å². The number of amides is 1. The van der Waals surface area contributed by atoms with Gasteiger partial charge in [-0.2, -0.15) is 5.10 Å². The molecule has 1 saturated heterocycles. The maximum atomic E-state index is 12.6. The first kappa shape index (κ1) is 16.5. The van der Waals surface area contributed by atoms with E-state index in [0.717, 1.165) is 11.3 Å². The minimum Gasteiger partial charge on any atom is -0.497 e. The van der Waals surface area contributed by atoms with Crippen LogP contribution in [0.2, 0.25) is 0 Å². The molecule has 0 aliphatic carbocycles. The summed E-state index contributed by atoms with van der Waals surface area (Å²) in [5, 5.41) is 25.7. The molecule has 1 amide bonds. The van der Waals surface area contributed by atoms with Gasteiger partial charge in [-0.1, -0.05) is 12.1 Å². The molecule has 0 saturated carbocycles. The fourth-order valence-electron chi connectivity index (χ4n) is 3.05. The van der Waals surface area contributed by atoms with Gasteiger partial charge in [0.25, 0.3) is 5.91 Å². The van der Waals surface area contributed by atoms with Crippen LogP contribution in [-0.2, 0) is 0 Å². The van der Waals surface area contributed by atoms with E-state index in [4.69, 9.17) is 4.74 Å². The highest BCUT2D eigenvalue weighted by molar-refractivity contribution is 5.93. The van der Waals surface area contributed by atoms with Crippen molar-refractivity contribution in [3.8, 4) is 17.0 Å². The molecule has 128 valence electrons. The number of aliphatic hydroxyl groups excluding tert-OH is 2. The zero-order valence-electron chi connectivity index (χ0n) is 13.5. The van der Waals surface area contributed by atoms with Gasteiger partial charge in [0, 0.05) is 43.7 Å². The standard InChI is InChI=1S/C17H21N3O4/c1-24-14-4-2-3-11(5-14)15-6-16(19-18-15)17(23)20-7-12(9-21)13(8-20)10-22/h2-6,12-13,21-22H,7-10H2,1H3,(H,18,19). The number of H-pyrrole nitrogens is 1. The predicted octanol–water partition coefficient (Wildman–Crippen LogP) is 0.758. The van der Waals surface area contributed by atoms with Crippen LogP contribution in [0.25, 0.3) is 11.3 Å². The van der Waals surface area contributed by atoms with Gasteiger partial charge < -0.3 is 19.8 Å². The lowest BCUT2D eigenvalue weighted by molar-refractivity contribution is 0.0772. The quantitative estimate of drug-likeness (QED) is 0.751. The molecule has 1 fully saturated rings. The molecule has 2 atom stereocenters. The maximum Gasteiger partial charge on any atom is 0.271 e. The lowest BCUT2D eigenvalue weighted by atomic mass is 9.98. The van der Waals surface area contributed by atoms with Crippen molar-refractivity contribution in [1.82, 2.24) is 15.1 Å². The van der Waals surface area contributed by atoms with Crippen LogP contribution in [0.1, 0.15) is 10.5 Å². The van der Waals surface area contributed by atoms with E-state index in [1.165, 1.54) is 0 Å². The number of aromatic nitrogens is 2. The molecule has 7 heteroatoms. The van der Waals surface area contributed by atoms with Gasteiger partial charge in [0.2, 0.25) is 0 Å². The van der Waals surface area contributed by atoms with Gasteiger partial charge in [-0.15, -0.1) is 0 Å². The first-order valence-electron chi connectivity index (χ1n) is 7.87. The second-order valence-electron chi connectivity index (χ2n) is 5.99. The van der Waals surface area contributed by atoms with Crippen LogP contribution in [0.4, 0.5) is 0 Å². The molecule has 0 radical (unpaired) electrons. The third-order valence-electron chi connectivity index (χ3n) is 4.51. The molecule has 24 heavy (non-hydrogen) atoms. The van der Waals surface area contributed by atoms with Crippen molar-refractivity contribution in [2.45, 2.75) is 0 Å². The Balaban J connectivity index is 1.77. The average molecular weight is 331 g/mol. The minimum absolute atomic E-state index is 0.0347. The van der Waals surface area contributed by atoms with Gasteiger partial charge in [0.05, 0.1) is 12.8 Å². The lowest BCUT2D eigenvalue weighted by Gasteiger charge is -2.14. The number of nitrogens with one attached hydrogen (secondary N) is 1. The molecule has 3 rings (SSSR count). The van der Waals surface area contributed by atoms with Gasteiger partial charge in [-0.25, -0.2) is 0 Å². The summed E-state index contributed by atoms with van der Waals surface area (Å²) in [7, 11) is 1.60. The SMILES string of the molecule is COc1cccc(-c2cc(C(=O)N3CC(CO)C(CO)C3)[nH]n2)c1. The second-order valence-corrected chi connectivity index (χ2v) is 5.99. The summed E-state index contributed by atoms with van der Waals surface area (Å²) < 4.78 is 5.20. The molecule has 1 aliphatic heterocycles. The Bertz CT molecular complexity index is 703. The van der Waals surface area contributed by atoms with E-state index >= 15 is 0 Å². The van der Waals surface area contributed by atoms with Crippen LogP contribution < -0.4 is 4.74 Å². The number of aliphatic hydroxyl groups is 2. The summed E-state index contributed by atoms with van der Waals surface area (Å²) in [5.74, 6) is 0.380. The molecule has 1 aromatic carbocycles. The van der Waals surface area contributed by atoms with Crippen LogP contribution >= 0.6 is 0 Å². The van der Waals surface area contributed by atoms with E-state index in [1.807, 2.05) is 24.3 Å². The average Bonchev–Trinajstić information content (AvgIpc) is 3.28. The molecule has 2 unspecified atom stereocenters. The fourth-order valence-corrected chi connectivity index (χ4v) is 3.05. The number of rotatable bonds is 5. The van der Waals surface area contributed by atoms with E-state index < -0.39 is 0 Å². The topological polar surface area (TPSA) is 98.7 Å². The highest BCUT2D eigenvalue weighted by atomic mass is 16.5. The Morgan fingerprint density at radius 1 is 1.29 bits per heavy atom. The Hall–Kier alpha value is -2.38. The number of ether oxygens (including phenoxy) is 1. The number of hydrogen-bond donors (Lipinski definition) is 3. The number of carbonyl (C=O) groups is 1. The molecular formula is C17H21N3O4. The van der Waals surface area contributed by atoms with Gasteiger partial charge >= 0.3 is 0 Å².